The van der Waals surface area contributed by atoms with Crippen molar-refractivity contribution in [2.45, 2.75) is 38.8 Å². The predicted octanol–water partition coefficient (Wildman–Crippen LogP) is 7.78. The highest BCUT2D eigenvalue weighted by atomic mass is 35.5. The van der Waals surface area contributed by atoms with Crippen LogP contribution in [0.5, 0.6) is 0 Å². The van der Waals surface area contributed by atoms with E-state index in [9.17, 15) is 13.2 Å². The molecule has 0 aliphatic rings. The molecule has 0 unspecified atom stereocenters. The lowest BCUT2D eigenvalue weighted by Crippen LogP contribution is -2.22. The summed E-state index contributed by atoms with van der Waals surface area (Å²) in [6.07, 6.45) is -0.927. The molecule has 8 heteroatoms. The summed E-state index contributed by atoms with van der Waals surface area (Å²) in [5.74, 6) is 0. The summed E-state index contributed by atoms with van der Waals surface area (Å²) in [6, 6.07) is 11.9. The van der Waals surface area contributed by atoms with Gasteiger partial charge in [0.2, 0.25) is 0 Å². The lowest BCUT2D eigenvalue weighted by Gasteiger charge is -2.24. The van der Waals surface area contributed by atoms with Gasteiger partial charge in [-0.05, 0) is 42.3 Å². The normalized spacial score (nSPS) is 11.5. The Labute approximate surface area is 189 Å². The monoisotopic (exact) mass is 467 g/mol. The van der Waals surface area contributed by atoms with Gasteiger partial charge in [0.15, 0.2) is 5.13 Å². The number of nitrogens with one attached hydrogen (secondary N) is 1. The number of thiazole rings is 1. The summed E-state index contributed by atoms with van der Waals surface area (Å²) < 4.78 is 41.1. The maximum absolute atomic E-state index is 13.7. The number of hydrogen-bond donors (Lipinski definition) is 1. The van der Waals surface area contributed by atoms with E-state index in [1.54, 1.807) is 18.0 Å². The molecule has 3 nitrogen and oxygen atoms in total. The smallest absolute Gasteiger partial charge is 0.374 e. The number of benzene rings is 2. The second-order valence-electron chi connectivity index (χ2n) is 7.43. The Hall–Kier alpha value is -2.25. The van der Waals surface area contributed by atoms with E-state index in [4.69, 9.17) is 11.6 Å². The van der Waals surface area contributed by atoms with Crippen LogP contribution in [-0.2, 0) is 12.6 Å². The SMILES string of the molecule is CCCCCN(C)c1ccc(Nc2nc(Cc3ccc(Cl)cc3)cs2)cc1C(F)(F)F. The molecular formula is C23H25ClF3N3S. The highest BCUT2D eigenvalue weighted by Gasteiger charge is 2.34. The van der Waals surface area contributed by atoms with E-state index in [1.165, 1.54) is 17.4 Å². The van der Waals surface area contributed by atoms with E-state index in [0.29, 0.717) is 28.8 Å². The number of rotatable bonds is 9. The van der Waals surface area contributed by atoms with Crippen molar-refractivity contribution < 1.29 is 13.2 Å². The van der Waals surface area contributed by atoms with E-state index in [1.807, 2.05) is 29.6 Å². The number of halogens is 4. The molecule has 0 atom stereocenters. The molecular weight excluding hydrogens is 443 g/mol. The number of hydrogen-bond acceptors (Lipinski definition) is 4. The van der Waals surface area contributed by atoms with Gasteiger partial charge in [-0.1, -0.05) is 43.5 Å². The predicted molar refractivity (Wildman–Crippen MR) is 124 cm³/mol. The van der Waals surface area contributed by atoms with Crippen LogP contribution in [0.1, 0.15) is 43.0 Å². The fourth-order valence-corrected chi connectivity index (χ4v) is 4.13. The fourth-order valence-electron chi connectivity index (χ4n) is 3.27. The zero-order valence-electron chi connectivity index (χ0n) is 17.5. The molecule has 0 aliphatic heterocycles. The van der Waals surface area contributed by atoms with Gasteiger partial charge < -0.3 is 10.2 Å². The Kier molecular flexibility index (Phi) is 7.84. The van der Waals surface area contributed by atoms with Gasteiger partial charge >= 0.3 is 6.18 Å². The van der Waals surface area contributed by atoms with Crippen LogP contribution in [0, 0.1) is 0 Å². The molecule has 0 bridgehead atoms. The molecule has 1 N–H and O–H groups in total. The Bertz CT molecular complexity index is 986. The minimum absolute atomic E-state index is 0.191. The quantitative estimate of drug-likeness (QED) is 0.326. The van der Waals surface area contributed by atoms with Gasteiger partial charge in [-0.25, -0.2) is 4.98 Å². The van der Waals surface area contributed by atoms with E-state index >= 15 is 0 Å². The summed E-state index contributed by atoms with van der Waals surface area (Å²) in [6.45, 7) is 2.66. The molecule has 0 saturated carbocycles. The molecule has 0 saturated heterocycles. The summed E-state index contributed by atoms with van der Waals surface area (Å²) in [5, 5.41) is 6.15. The van der Waals surface area contributed by atoms with Crippen molar-refractivity contribution >= 4 is 39.4 Å². The molecule has 1 heterocycles. The van der Waals surface area contributed by atoms with Crippen LogP contribution in [-0.4, -0.2) is 18.6 Å². The third kappa shape index (κ3) is 6.61. The van der Waals surface area contributed by atoms with Crippen LogP contribution in [0.25, 0.3) is 0 Å². The van der Waals surface area contributed by atoms with Crippen molar-refractivity contribution in [1.82, 2.24) is 4.98 Å². The van der Waals surface area contributed by atoms with Gasteiger partial charge in [-0.15, -0.1) is 11.3 Å². The molecule has 166 valence electrons. The molecule has 1 aromatic heterocycles. The van der Waals surface area contributed by atoms with Gasteiger partial charge in [0, 0.05) is 41.8 Å². The zero-order valence-corrected chi connectivity index (χ0v) is 19.0. The van der Waals surface area contributed by atoms with Gasteiger partial charge in [0.25, 0.3) is 0 Å². The van der Waals surface area contributed by atoms with Gasteiger partial charge in [-0.3, -0.25) is 0 Å². The molecule has 0 spiro atoms. The first-order chi connectivity index (χ1) is 14.8. The van der Waals surface area contributed by atoms with E-state index in [2.05, 4.69) is 17.2 Å². The summed E-state index contributed by atoms with van der Waals surface area (Å²) in [7, 11) is 1.71. The Balaban J connectivity index is 1.74. The standard InChI is InChI=1S/C23H25ClF3N3S/c1-3-4-5-12-30(2)21-11-10-18(14-20(21)23(25,26)27)28-22-29-19(15-31-22)13-16-6-8-17(24)9-7-16/h6-11,14-15H,3-5,12-13H2,1-2H3,(H,28,29). The Morgan fingerprint density at radius 1 is 1.10 bits per heavy atom. The van der Waals surface area contributed by atoms with Crippen molar-refractivity contribution in [2.75, 3.05) is 23.8 Å². The average molecular weight is 468 g/mol. The number of unbranched alkanes of at least 4 members (excludes halogenated alkanes) is 2. The fraction of sp³-hybridized carbons (Fsp3) is 0.348. The molecule has 3 aromatic rings. The Morgan fingerprint density at radius 2 is 1.84 bits per heavy atom. The van der Waals surface area contributed by atoms with E-state index < -0.39 is 11.7 Å². The number of aromatic nitrogens is 1. The summed E-state index contributed by atoms with van der Waals surface area (Å²) in [4.78, 5) is 6.18. The van der Waals surface area contributed by atoms with Crippen LogP contribution in [0.15, 0.2) is 47.8 Å². The van der Waals surface area contributed by atoms with Crippen LogP contribution >= 0.6 is 22.9 Å². The van der Waals surface area contributed by atoms with Gasteiger partial charge in [-0.2, -0.15) is 13.2 Å². The summed E-state index contributed by atoms with van der Waals surface area (Å²) >= 11 is 7.27. The van der Waals surface area contributed by atoms with Crippen molar-refractivity contribution in [3.05, 3.63) is 69.7 Å². The van der Waals surface area contributed by atoms with Crippen molar-refractivity contribution in [3.63, 3.8) is 0 Å². The van der Waals surface area contributed by atoms with E-state index in [0.717, 1.165) is 36.6 Å². The molecule has 31 heavy (non-hydrogen) atoms. The third-order valence-corrected chi connectivity index (χ3v) is 5.97. The lowest BCUT2D eigenvalue weighted by molar-refractivity contribution is -0.137. The number of nitrogens with zero attached hydrogens (tertiary/aromatic N) is 2. The van der Waals surface area contributed by atoms with Crippen LogP contribution in [0.4, 0.5) is 29.7 Å². The van der Waals surface area contributed by atoms with Crippen molar-refractivity contribution in [3.8, 4) is 0 Å². The first-order valence-electron chi connectivity index (χ1n) is 10.1. The first kappa shape index (κ1) is 23.4. The van der Waals surface area contributed by atoms with Gasteiger partial charge in [0.05, 0.1) is 11.3 Å². The van der Waals surface area contributed by atoms with Crippen LogP contribution < -0.4 is 10.2 Å². The van der Waals surface area contributed by atoms with Crippen LogP contribution in [0.3, 0.4) is 0 Å². The minimum atomic E-state index is -4.44. The number of anilines is 3. The maximum Gasteiger partial charge on any atom is 0.418 e. The minimum Gasteiger partial charge on any atom is -0.374 e. The number of alkyl halides is 3. The topological polar surface area (TPSA) is 28.2 Å². The molecule has 0 radical (unpaired) electrons. The van der Waals surface area contributed by atoms with Crippen molar-refractivity contribution in [2.24, 2.45) is 0 Å². The lowest BCUT2D eigenvalue weighted by atomic mass is 10.1. The molecule has 3 rings (SSSR count). The molecule has 2 aromatic carbocycles. The van der Waals surface area contributed by atoms with Gasteiger partial charge in [0.1, 0.15) is 0 Å². The maximum atomic E-state index is 13.7. The molecule has 0 fully saturated rings. The second kappa shape index (κ2) is 10.4. The third-order valence-electron chi connectivity index (χ3n) is 4.91. The van der Waals surface area contributed by atoms with Crippen molar-refractivity contribution in [1.29, 1.82) is 0 Å². The molecule has 0 amide bonds. The zero-order chi connectivity index (χ0) is 22.4. The highest BCUT2D eigenvalue weighted by Crippen LogP contribution is 2.38. The van der Waals surface area contributed by atoms with E-state index in [-0.39, 0.29) is 5.69 Å². The summed E-state index contributed by atoms with van der Waals surface area (Å²) in [5.41, 5.74) is 1.82. The largest absolute Gasteiger partial charge is 0.418 e. The second-order valence-corrected chi connectivity index (χ2v) is 8.73. The highest BCUT2D eigenvalue weighted by molar-refractivity contribution is 7.13. The molecule has 0 aliphatic carbocycles. The first-order valence-corrected chi connectivity index (χ1v) is 11.4. The Morgan fingerprint density at radius 3 is 2.52 bits per heavy atom. The average Bonchev–Trinajstić information content (AvgIpc) is 3.16. The van der Waals surface area contributed by atoms with Crippen LogP contribution in [0.2, 0.25) is 5.02 Å².